The molecule has 0 aromatic heterocycles. The molecule has 0 aromatic carbocycles. The van der Waals surface area contributed by atoms with Gasteiger partial charge in [0.2, 0.25) is 7.58 Å². The quantitative estimate of drug-likeness (QED) is 0.432. The van der Waals surface area contributed by atoms with Crippen molar-refractivity contribution < 1.29 is 18.1 Å². The van der Waals surface area contributed by atoms with Crippen molar-refractivity contribution >= 4 is 15.3 Å². The highest BCUT2D eigenvalue weighted by Gasteiger charge is 2.38. The molecule has 0 N–H and O–H groups in total. The topological polar surface area (TPSA) is 63.6 Å². The summed E-state index contributed by atoms with van der Waals surface area (Å²) in [6.45, 7) is 17.8. The second kappa shape index (κ2) is 11.8. The van der Waals surface area contributed by atoms with Gasteiger partial charge in [0.15, 0.2) is 0 Å². The normalized spacial score (nSPS) is 13.1. The molecule has 0 aliphatic carbocycles. The first-order valence-corrected chi connectivity index (χ1v) is 11.7. The Morgan fingerprint density at radius 1 is 0.696 bits per heavy atom. The summed E-state index contributed by atoms with van der Waals surface area (Å²) in [5, 5.41) is 0. The van der Waals surface area contributed by atoms with Gasteiger partial charge < -0.3 is 4.52 Å². The fourth-order valence-corrected chi connectivity index (χ4v) is 8.29. The standard InChI is InChI=1S/C14H35N3O4P2/c1-8-16(9-2)22(19-12-5,17(10-3)11-4)15-23(18,20-13-6)21-14-7/h8-14H2,1-7H3. The lowest BCUT2D eigenvalue weighted by Gasteiger charge is -2.41. The molecule has 0 saturated carbocycles. The van der Waals surface area contributed by atoms with E-state index in [0.717, 1.165) is 26.2 Å². The maximum absolute atomic E-state index is 13.1. The van der Waals surface area contributed by atoms with Gasteiger partial charge in [-0.15, -0.1) is 4.52 Å². The fraction of sp³-hybridized carbons (Fsp3) is 1.00. The fourth-order valence-electron chi connectivity index (χ4n) is 2.40. The highest BCUT2D eigenvalue weighted by Crippen LogP contribution is 2.67. The molecule has 0 bridgehead atoms. The molecule has 0 rings (SSSR count). The van der Waals surface area contributed by atoms with Crippen molar-refractivity contribution in [3.05, 3.63) is 0 Å². The van der Waals surface area contributed by atoms with E-state index in [1.54, 1.807) is 13.8 Å². The van der Waals surface area contributed by atoms with Gasteiger partial charge in [0, 0.05) is 26.2 Å². The van der Waals surface area contributed by atoms with Gasteiger partial charge >= 0.3 is 7.75 Å². The van der Waals surface area contributed by atoms with Gasteiger partial charge in [-0.1, -0.05) is 27.7 Å². The van der Waals surface area contributed by atoms with Crippen LogP contribution in [0.1, 0.15) is 48.5 Å². The third-order valence-electron chi connectivity index (χ3n) is 3.31. The predicted molar refractivity (Wildman–Crippen MR) is 97.7 cm³/mol. The molecule has 0 radical (unpaired) electrons. The van der Waals surface area contributed by atoms with E-state index in [9.17, 15) is 4.57 Å². The van der Waals surface area contributed by atoms with Crippen LogP contribution in [0.3, 0.4) is 0 Å². The molecule has 0 fully saturated rings. The summed E-state index contributed by atoms with van der Waals surface area (Å²) >= 11 is 0. The van der Waals surface area contributed by atoms with Gasteiger partial charge in [0.05, 0.1) is 19.8 Å². The Bertz CT molecular complexity index is 387. The summed E-state index contributed by atoms with van der Waals surface area (Å²) in [4.78, 5) is 0. The largest absolute Gasteiger partial charge is 0.456 e. The van der Waals surface area contributed by atoms with Crippen molar-refractivity contribution in [3.8, 4) is 0 Å². The van der Waals surface area contributed by atoms with Gasteiger partial charge in [-0.05, 0) is 20.8 Å². The maximum Gasteiger partial charge on any atom is 0.456 e. The van der Waals surface area contributed by atoms with Crippen LogP contribution >= 0.6 is 15.3 Å². The van der Waals surface area contributed by atoms with Crippen LogP contribution in [0.15, 0.2) is 4.52 Å². The molecule has 0 aliphatic heterocycles. The van der Waals surface area contributed by atoms with E-state index in [4.69, 9.17) is 13.6 Å². The summed E-state index contributed by atoms with van der Waals surface area (Å²) in [6.07, 6.45) is 0. The van der Waals surface area contributed by atoms with Crippen LogP contribution in [0.25, 0.3) is 0 Å². The van der Waals surface area contributed by atoms with Crippen LogP contribution in [0, 0.1) is 0 Å². The van der Waals surface area contributed by atoms with Gasteiger partial charge in [0.1, 0.15) is 0 Å². The van der Waals surface area contributed by atoms with Gasteiger partial charge in [-0.3, -0.25) is 9.05 Å². The van der Waals surface area contributed by atoms with E-state index in [1.165, 1.54) is 0 Å². The third kappa shape index (κ3) is 6.24. The van der Waals surface area contributed by atoms with Crippen molar-refractivity contribution in [1.82, 2.24) is 9.34 Å². The zero-order valence-corrected chi connectivity index (χ0v) is 17.6. The van der Waals surface area contributed by atoms with Crippen LogP contribution in [0.2, 0.25) is 0 Å². The van der Waals surface area contributed by atoms with E-state index in [2.05, 4.69) is 41.6 Å². The minimum absolute atomic E-state index is 0.281. The van der Waals surface area contributed by atoms with Gasteiger partial charge in [-0.25, -0.2) is 13.9 Å². The summed E-state index contributed by atoms with van der Waals surface area (Å²) in [6, 6.07) is 0. The van der Waals surface area contributed by atoms with Crippen molar-refractivity contribution in [3.63, 3.8) is 0 Å². The Morgan fingerprint density at radius 2 is 1.04 bits per heavy atom. The zero-order chi connectivity index (χ0) is 17.9. The predicted octanol–water partition coefficient (Wildman–Crippen LogP) is 4.83. The summed E-state index contributed by atoms with van der Waals surface area (Å²) in [5.74, 6) is 0. The monoisotopic (exact) mass is 371 g/mol. The Morgan fingerprint density at radius 3 is 1.30 bits per heavy atom. The molecular weight excluding hydrogens is 336 g/mol. The van der Waals surface area contributed by atoms with Crippen molar-refractivity contribution in [2.24, 2.45) is 4.52 Å². The van der Waals surface area contributed by atoms with Crippen molar-refractivity contribution in [1.29, 1.82) is 0 Å². The van der Waals surface area contributed by atoms with E-state index in [-0.39, 0.29) is 13.2 Å². The average molecular weight is 371 g/mol. The van der Waals surface area contributed by atoms with Crippen LogP contribution < -0.4 is 0 Å². The molecule has 0 amide bonds. The molecule has 7 nitrogen and oxygen atoms in total. The van der Waals surface area contributed by atoms with Crippen LogP contribution in [0.5, 0.6) is 0 Å². The first-order chi connectivity index (χ1) is 10.9. The van der Waals surface area contributed by atoms with Crippen LogP contribution in [-0.2, 0) is 18.1 Å². The van der Waals surface area contributed by atoms with Gasteiger partial charge in [-0.2, -0.15) is 0 Å². The number of hydrogen-bond donors (Lipinski definition) is 0. The summed E-state index contributed by atoms with van der Waals surface area (Å²) in [7, 11) is -6.18. The van der Waals surface area contributed by atoms with Crippen molar-refractivity contribution in [2.75, 3.05) is 46.0 Å². The smallest absolute Gasteiger partial charge is 0.321 e. The molecule has 9 heteroatoms. The molecule has 0 unspecified atom stereocenters. The minimum atomic E-state index is -3.57. The maximum atomic E-state index is 13.1. The van der Waals surface area contributed by atoms with E-state index in [1.807, 2.05) is 6.92 Å². The number of nitrogens with zero attached hydrogens (tertiary/aromatic N) is 3. The van der Waals surface area contributed by atoms with Crippen LogP contribution in [0.4, 0.5) is 0 Å². The first kappa shape index (κ1) is 23.3. The number of hydrogen-bond acceptors (Lipinski definition) is 4. The first-order valence-electron chi connectivity index (χ1n) is 8.61. The highest BCUT2D eigenvalue weighted by atomic mass is 31.2. The Labute approximate surface area is 142 Å². The van der Waals surface area contributed by atoms with E-state index < -0.39 is 15.3 Å². The van der Waals surface area contributed by atoms with E-state index >= 15 is 0 Å². The lowest BCUT2D eigenvalue weighted by Crippen LogP contribution is -2.33. The molecule has 0 aliphatic rings. The highest BCUT2D eigenvalue weighted by molar-refractivity contribution is 7.66. The summed E-state index contributed by atoms with van der Waals surface area (Å²) < 4.78 is 39.0. The second-order valence-corrected chi connectivity index (χ2v) is 9.19. The lowest BCUT2D eigenvalue weighted by molar-refractivity contribution is 0.217. The number of rotatable bonds is 13. The van der Waals surface area contributed by atoms with Gasteiger partial charge in [0.25, 0.3) is 0 Å². The molecule has 140 valence electrons. The molecule has 23 heavy (non-hydrogen) atoms. The zero-order valence-electron chi connectivity index (χ0n) is 15.8. The lowest BCUT2D eigenvalue weighted by atomic mass is 10.7. The average Bonchev–Trinajstić information content (AvgIpc) is 2.50. The Kier molecular flexibility index (Phi) is 11.9. The molecule has 0 aromatic rings. The Balaban J connectivity index is 6.34. The minimum Gasteiger partial charge on any atom is -0.321 e. The second-order valence-electron chi connectivity index (χ2n) is 4.60. The van der Waals surface area contributed by atoms with Crippen LogP contribution in [-0.4, -0.2) is 55.3 Å². The molecule has 0 heterocycles. The molecular formula is C14H35N3O4P2. The summed E-state index contributed by atoms with van der Waals surface area (Å²) in [5.41, 5.74) is 0. The molecule has 0 atom stereocenters. The molecule has 0 spiro atoms. The molecule has 0 saturated heterocycles. The SMILES string of the molecule is CCOP(=O)(N=P(OCC)(N(CC)CC)N(CC)CC)OCC. The van der Waals surface area contributed by atoms with E-state index in [0.29, 0.717) is 6.61 Å². The Hall–Kier alpha value is 0.260. The van der Waals surface area contributed by atoms with Crippen molar-refractivity contribution in [2.45, 2.75) is 48.5 Å². The third-order valence-corrected chi connectivity index (χ3v) is 9.50.